The number of hydrogen-bond donors (Lipinski definition) is 2. The molecule has 0 radical (unpaired) electrons. The summed E-state index contributed by atoms with van der Waals surface area (Å²) < 4.78 is 0. The number of phenolic OH excluding ortho intramolecular Hbond substituents is 2. The van der Waals surface area contributed by atoms with Gasteiger partial charge in [0.25, 0.3) is 0 Å². The van der Waals surface area contributed by atoms with E-state index in [0.717, 1.165) is 27.8 Å². The molecule has 0 amide bonds. The van der Waals surface area contributed by atoms with Crippen LogP contribution in [0.25, 0.3) is 0 Å². The first-order valence-electron chi connectivity index (χ1n) is 7.29. The number of rotatable bonds is 1. The standard InChI is InChI=1S/C10H14O.C9H12O/c1-7(2)9-5-4-8(3)6-10(9)11;1-6-4-5-7(2)9(10)8(6)3/h4-7,11H,1-3H3;4-5,10H,1-3H3. The molecule has 0 aliphatic heterocycles. The van der Waals surface area contributed by atoms with Crippen LogP contribution >= 0.6 is 0 Å². The highest BCUT2D eigenvalue weighted by atomic mass is 16.3. The van der Waals surface area contributed by atoms with E-state index in [-0.39, 0.29) is 0 Å². The van der Waals surface area contributed by atoms with Crippen molar-refractivity contribution in [3.63, 3.8) is 0 Å². The molecule has 2 heteroatoms. The molecular weight excluding hydrogens is 260 g/mol. The second-order valence-corrected chi connectivity index (χ2v) is 5.89. The molecule has 0 atom stereocenters. The lowest BCUT2D eigenvalue weighted by Crippen LogP contribution is -1.87. The monoisotopic (exact) mass is 286 g/mol. The van der Waals surface area contributed by atoms with Crippen molar-refractivity contribution in [2.75, 3.05) is 0 Å². The number of phenols is 2. The Balaban J connectivity index is 0.000000211. The van der Waals surface area contributed by atoms with Gasteiger partial charge in [-0.1, -0.05) is 38.1 Å². The molecule has 0 unspecified atom stereocenters. The van der Waals surface area contributed by atoms with Crippen LogP contribution in [-0.2, 0) is 0 Å². The van der Waals surface area contributed by atoms with Crippen LogP contribution in [0.3, 0.4) is 0 Å². The number of aryl methyl sites for hydroxylation is 3. The lowest BCUT2D eigenvalue weighted by molar-refractivity contribution is 0.464. The number of benzene rings is 2. The highest BCUT2D eigenvalue weighted by Gasteiger charge is 2.04. The third-order valence-corrected chi connectivity index (χ3v) is 3.71. The average molecular weight is 286 g/mol. The molecule has 21 heavy (non-hydrogen) atoms. The summed E-state index contributed by atoms with van der Waals surface area (Å²) in [5.41, 5.74) is 5.20. The topological polar surface area (TPSA) is 40.5 Å². The molecule has 2 aromatic carbocycles. The highest BCUT2D eigenvalue weighted by Crippen LogP contribution is 2.25. The molecule has 0 spiro atoms. The van der Waals surface area contributed by atoms with E-state index < -0.39 is 0 Å². The van der Waals surface area contributed by atoms with Crippen LogP contribution in [0.2, 0.25) is 0 Å². The summed E-state index contributed by atoms with van der Waals surface area (Å²) in [7, 11) is 0. The van der Waals surface area contributed by atoms with Crippen LogP contribution < -0.4 is 0 Å². The van der Waals surface area contributed by atoms with Crippen LogP contribution in [0, 0.1) is 27.7 Å². The summed E-state index contributed by atoms with van der Waals surface area (Å²) in [6, 6.07) is 9.75. The van der Waals surface area contributed by atoms with Crippen molar-refractivity contribution < 1.29 is 10.2 Å². The van der Waals surface area contributed by atoms with Crippen molar-refractivity contribution in [2.45, 2.75) is 47.5 Å². The molecule has 0 saturated heterocycles. The Morgan fingerprint density at radius 2 is 1.38 bits per heavy atom. The van der Waals surface area contributed by atoms with Gasteiger partial charge in [-0.15, -0.1) is 0 Å². The Morgan fingerprint density at radius 1 is 0.810 bits per heavy atom. The first-order chi connectivity index (χ1) is 9.73. The van der Waals surface area contributed by atoms with Crippen molar-refractivity contribution in [3.05, 3.63) is 58.1 Å². The molecule has 0 bridgehead atoms. The lowest BCUT2D eigenvalue weighted by Gasteiger charge is -2.07. The molecule has 0 aromatic heterocycles. The summed E-state index contributed by atoms with van der Waals surface area (Å²) in [6.45, 7) is 12.0. The molecule has 2 rings (SSSR count). The zero-order valence-electron chi connectivity index (χ0n) is 13.9. The maximum absolute atomic E-state index is 9.46. The van der Waals surface area contributed by atoms with Crippen LogP contribution in [0.15, 0.2) is 30.3 Å². The largest absolute Gasteiger partial charge is 0.508 e. The van der Waals surface area contributed by atoms with Gasteiger partial charge in [0.15, 0.2) is 0 Å². The summed E-state index contributed by atoms with van der Waals surface area (Å²) >= 11 is 0. The molecule has 0 saturated carbocycles. The zero-order chi connectivity index (χ0) is 16.2. The smallest absolute Gasteiger partial charge is 0.121 e. The summed E-state index contributed by atoms with van der Waals surface area (Å²) in [6.07, 6.45) is 0. The predicted octanol–water partition coefficient (Wildman–Crippen LogP) is 5.14. The van der Waals surface area contributed by atoms with Crippen LogP contribution in [0.1, 0.15) is 47.6 Å². The molecule has 2 nitrogen and oxygen atoms in total. The fraction of sp³-hybridized carbons (Fsp3) is 0.368. The van der Waals surface area contributed by atoms with E-state index in [0.29, 0.717) is 17.4 Å². The second-order valence-electron chi connectivity index (χ2n) is 5.89. The number of aromatic hydroxyl groups is 2. The minimum absolute atomic E-state index is 0.399. The Morgan fingerprint density at radius 3 is 1.86 bits per heavy atom. The van der Waals surface area contributed by atoms with Gasteiger partial charge in [-0.05, 0) is 67.5 Å². The SMILES string of the molecule is Cc1ccc(C(C)C)c(O)c1.Cc1ccc(C)c(O)c1C. The average Bonchev–Trinajstić information content (AvgIpc) is 2.41. The number of hydrogen-bond acceptors (Lipinski definition) is 2. The van der Waals surface area contributed by atoms with Crippen LogP contribution in [-0.4, -0.2) is 10.2 Å². The van der Waals surface area contributed by atoms with Gasteiger partial charge in [0, 0.05) is 0 Å². The Hall–Kier alpha value is -1.96. The maximum atomic E-state index is 9.46. The quantitative estimate of drug-likeness (QED) is 0.762. The van der Waals surface area contributed by atoms with Gasteiger partial charge in [0.1, 0.15) is 11.5 Å². The normalized spacial score (nSPS) is 10.2. The van der Waals surface area contributed by atoms with E-state index in [1.54, 1.807) is 6.07 Å². The van der Waals surface area contributed by atoms with Crippen LogP contribution in [0.4, 0.5) is 0 Å². The minimum atomic E-state index is 0.399. The van der Waals surface area contributed by atoms with Gasteiger partial charge in [-0.25, -0.2) is 0 Å². The van der Waals surface area contributed by atoms with Crippen molar-refractivity contribution in [1.29, 1.82) is 0 Å². The van der Waals surface area contributed by atoms with Crippen molar-refractivity contribution in [3.8, 4) is 11.5 Å². The van der Waals surface area contributed by atoms with Gasteiger partial charge in [-0.3, -0.25) is 0 Å². The van der Waals surface area contributed by atoms with Gasteiger partial charge in [0.2, 0.25) is 0 Å². The molecule has 2 N–H and O–H groups in total. The Bertz CT molecular complexity index is 586. The van der Waals surface area contributed by atoms with Crippen molar-refractivity contribution >= 4 is 0 Å². The molecule has 0 aliphatic carbocycles. The highest BCUT2D eigenvalue weighted by molar-refractivity contribution is 5.43. The maximum Gasteiger partial charge on any atom is 0.121 e. The van der Waals surface area contributed by atoms with Crippen LogP contribution in [0.5, 0.6) is 11.5 Å². The lowest BCUT2D eigenvalue weighted by atomic mass is 10.0. The fourth-order valence-corrected chi connectivity index (χ4v) is 2.08. The van der Waals surface area contributed by atoms with Gasteiger partial charge < -0.3 is 10.2 Å². The first kappa shape index (κ1) is 17.1. The molecule has 2 aromatic rings. The summed E-state index contributed by atoms with van der Waals surface area (Å²) in [5.74, 6) is 1.25. The molecule has 114 valence electrons. The minimum Gasteiger partial charge on any atom is -0.508 e. The molecule has 0 fully saturated rings. The van der Waals surface area contributed by atoms with Crippen molar-refractivity contribution in [2.24, 2.45) is 0 Å². The summed E-state index contributed by atoms with van der Waals surface area (Å²) in [5, 5.41) is 18.8. The third-order valence-electron chi connectivity index (χ3n) is 3.71. The Kier molecular flexibility index (Phi) is 5.83. The predicted molar refractivity (Wildman–Crippen MR) is 89.3 cm³/mol. The van der Waals surface area contributed by atoms with E-state index >= 15 is 0 Å². The zero-order valence-corrected chi connectivity index (χ0v) is 13.9. The van der Waals surface area contributed by atoms with Gasteiger partial charge in [0.05, 0.1) is 0 Å². The summed E-state index contributed by atoms with van der Waals surface area (Å²) in [4.78, 5) is 0. The van der Waals surface area contributed by atoms with E-state index in [9.17, 15) is 10.2 Å². The van der Waals surface area contributed by atoms with Gasteiger partial charge in [-0.2, -0.15) is 0 Å². The Labute approximate surface area is 128 Å². The van der Waals surface area contributed by atoms with E-state index in [1.165, 1.54) is 0 Å². The molecule has 0 heterocycles. The molecule has 0 aliphatic rings. The van der Waals surface area contributed by atoms with E-state index in [1.807, 2.05) is 52.0 Å². The van der Waals surface area contributed by atoms with E-state index in [2.05, 4.69) is 13.8 Å². The molecular formula is C19H26O2. The third kappa shape index (κ3) is 4.52. The van der Waals surface area contributed by atoms with E-state index in [4.69, 9.17) is 0 Å². The van der Waals surface area contributed by atoms with Gasteiger partial charge >= 0.3 is 0 Å². The second kappa shape index (κ2) is 7.16. The first-order valence-corrected chi connectivity index (χ1v) is 7.29. The fourth-order valence-electron chi connectivity index (χ4n) is 2.08. The van der Waals surface area contributed by atoms with Crippen molar-refractivity contribution in [1.82, 2.24) is 0 Å².